The molecule has 0 atom stereocenters. The Morgan fingerprint density at radius 2 is 1.36 bits per heavy atom. The summed E-state index contributed by atoms with van der Waals surface area (Å²) in [5.41, 5.74) is 1.31. The fourth-order valence-corrected chi connectivity index (χ4v) is 2.63. The molecule has 0 spiro atoms. The molecule has 2 nitrogen and oxygen atoms in total. The Morgan fingerprint density at radius 3 is 1.91 bits per heavy atom. The van der Waals surface area contributed by atoms with E-state index in [4.69, 9.17) is 0 Å². The minimum Gasteiger partial charge on any atom is -0.508 e. The van der Waals surface area contributed by atoms with Gasteiger partial charge in [-0.25, -0.2) is 0 Å². The number of carbonyl (C=O) groups excluding carboxylic acids is 1. The van der Waals surface area contributed by atoms with Crippen LogP contribution in [0, 0.1) is 0 Å². The third kappa shape index (κ3) is 9.38. The first-order valence-corrected chi connectivity index (χ1v) is 8.65. The molecule has 0 aliphatic carbocycles. The van der Waals surface area contributed by atoms with Crippen molar-refractivity contribution in [1.29, 1.82) is 0 Å². The van der Waals surface area contributed by atoms with E-state index in [0.29, 0.717) is 12.2 Å². The van der Waals surface area contributed by atoms with Crippen molar-refractivity contribution < 1.29 is 9.90 Å². The van der Waals surface area contributed by atoms with Gasteiger partial charge in [-0.1, -0.05) is 63.7 Å². The van der Waals surface area contributed by atoms with Crippen LogP contribution in [0.15, 0.2) is 36.9 Å². The number of hydrogen-bond acceptors (Lipinski definition) is 2. The van der Waals surface area contributed by atoms with Crippen LogP contribution in [0.2, 0.25) is 0 Å². The van der Waals surface area contributed by atoms with Gasteiger partial charge in [0.05, 0.1) is 0 Å². The number of ketones is 1. The quantitative estimate of drug-likeness (QED) is 0.381. The molecule has 0 aromatic heterocycles. The van der Waals surface area contributed by atoms with Crippen molar-refractivity contribution in [3.05, 3.63) is 42.5 Å². The lowest BCUT2D eigenvalue weighted by molar-refractivity contribution is -0.114. The molecule has 0 unspecified atom stereocenters. The number of aromatic hydroxyl groups is 1. The van der Waals surface area contributed by atoms with Crippen molar-refractivity contribution >= 4 is 5.78 Å². The highest BCUT2D eigenvalue weighted by Gasteiger charge is 1.97. The molecular formula is C20H30O2. The van der Waals surface area contributed by atoms with Gasteiger partial charge in [0.25, 0.3) is 0 Å². The van der Waals surface area contributed by atoms with E-state index in [1.165, 1.54) is 63.0 Å². The zero-order valence-electron chi connectivity index (χ0n) is 13.7. The molecule has 0 bridgehead atoms. The number of carbonyl (C=O) groups is 1. The molecule has 122 valence electrons. The normalized spacial score (nSPS) is 10.5. The molecule has 2 heteroatoms. The molecule has 0 saturated heterocycles. The minimum absolute atomic E-state index is 0.175. The first-order valence-electron chi connectivity index (χ1n) is 8.65. The number of phenols is 1. The van der Waals surface area contributed by atoms with Gasteiger partial charge in [-0.15, -0.1) is 0 Å². The van der Waals surface area contributed by atoms with Gasteiger partial charge in [-0.2, -0.15) is 0 Å². The molecule has 0 amide bonds. The third-order valence-corrected chi connectivity index (χ3v) is 4.05. The standard InChI is InChI=1S/C20H30O2/c1-2-19(21)13-11-9-7-5-3-4-6-8-10-12-18-14-16-20(22)17-15-18/h2,14-17,22H,1,3-13H2. The Morgan fingerprint density at radius 1 is 0.864 bits per heavy atom. The summed E-state index contributed by atoms with van der Waals surface area (Å²) < 4.78 is 0. The maximum atomic E-state index is 11.0. The number of aryl methyl sites for hydroxylation is 1. The summed E-state index contributed by atoms with van der Waals surface area (Å²) in [4.78, 5) is 11.0. The number of hydrogen-bond donors (Lipinski definition) is 1. The Bertz CT molecular complexity index is 420. The van der Waals surface area contributed by atoms with Gasteiger partial charge in [0.15, 0.2) is 5.78 Å². The predicted molar refractivity (Wildman–Crippen MR) is 93.2 cm³/mol. The van der Waals surface area contributed by atoms with Crippen LogP contribution in [0.25, 0.3) is 0 Å². The molecule has 22 heavy (non-hydrogen) atoms. The lowest BCUT2D eigenvalue weighted by Gasteiger charge is -2.03. The molecule has 1 aromatic rings. The Kier molecular flexibility index (Phi) is 10.1. The largest absolute Gasteiger partial charge is 0.508 e. The molecule has 0 fully saturated rings. The molecule has 1 aromatic carbocycles. The van der Waals surface area contributed by atoms with Gasteiger partial charge < -0.3 is 5.11 Å². The molecule has 0 aliphatic rings. The molecule has 0 radical (unpaired) electrons. The average Bonchev–Trinajstić information content (AvgIpc) is 2.54. The molecule has 0 aliphatic heterocycles. The van der Waals surface area contributed by atoms with E-state index in [9.17, 15) is 9.90 Å². The second kappa shape index (κ2) is 12.0. The zero-order chi connectivity index (χ0) is 16.0. The van der Waals surface area contributed by atoms with Crippen LogP contribution < -0.4 is 0 Å². The Hall–Kier alpha value is -1.57. The van der Waals surface area contributed by atoms with Crippen molar-refractivity contribution in [2.75, 3.05) is 0 Å². The highest BCUT2D eigenvalue weighted by Crippen LogP contribution is 2.14. The van der Waals surface area contributed by atoms with Crippen LogP contribution in [0.1, 0.15) is 69.8 Å². The van der Waals surface area contributed by atoms with E-state index in [-0.39, 0.29) is 5.78 Å². The summed E-state index contributed by atoms with van der Waals surface area (Å²) in [5, 5.41) is 9.22. The summed E-state index contributed by atoms with van der Waals surface area (Å²) in [6.07, 6.45) is 14.4. The summed E-state index contributed by atoms with van der Waals surface area (Å²) in [5.74, 6) is 0.520. The fraction of sp³-hybridized carbons (Fsp3) is 0.550. The Labute approximate surface area is 135 Å². The van der Waals surface area contributed by atoms with Gasteiger partial charge in [-0.3, -0.25) is 4.79 Å². The Balaban J connectivity index is 1.84. The van der Waals surface area contributed by atoms with Gasteiger partial charge in [0.2, 0.25) is 0 Å². The average molecular weight is 302 g/mol. The van der Waals surface area contributed by atoms with E-state index >= 15 is 0 Å². The number of unbranched alkanes of at least 4 members (excludes halogenated alkanes) is 8. The van der Waals surface area contributed by atoms with E-state index in [1.54, 1.807) is 12.1 Å². The van der Waals surface area contributed by atoms with E-state index < -0.39 is 0 Å². The fourth-order valence-electron chi connectivity index (χ4n) is 2.63. The van der Waals surface area contributed by atoms with Gasteiger partial charge >= 0.3 is 0 Å². The van der Waals surface area contributed by atoms with Gasteiger partial charge in [0, 0.05) is 6.42 Å². The topological polar surface area (TPSA) is 37.3 Å². The first-order chi connectivity index (χ1) is 10.7. The predicted octanol–water partition coefficient (Wildman–Crippen LogP) is 5.59. The zero-order valence-corrected chi connectivity index (χ0v) is 13.7. The van der Waals surface area contributed by atoms with Crippen molar-refractivity contribution in [3.8, 4) is 5.75 Å². The van der Waals surface area contributed by atoms with Crippen molar-refractivity contribution in [3.63, 3.8) is 0 Å². The van der Waals surface area contributed by atoms with Crippen LogP contribution in [-0.4, -0.2) is 10.9 Å². The monoisotopic (exact) mass is 302 g/mol. The number of phenolic OH excluding ortho intramolecular Hbond substituents is 1. The maximum absolute atomic E-state index is 11.0. The molecule has 0 heterocycles. The van der Waals surface area contributed by atoms with Crippen LogP contribution in [0.5, 0.6) is 5.75 Å². The third-order valence-electron chi connectivity index (χ3n) is 4.05. The lowest BCUT2D eigenvalue weighted by Crippen LogP contribution is -1.91. The molecule has 1 rings (SSSR count). The van der Waals surface area contributed by atoms with Crippen LogP contribution >= 0.6 is 0 Å². The second-order valence-electron chi connectivity index (χ2n) is 6.02. The summed E-state index contributed by atoms with van der Waals surface area (Å²) in [6.45, 7) is 3.49. The van der Waals surface area contributed by atoms with Crippen LogP contribution in [-0.2, 0) is 11.2 Å². The van der Waals surface area contributed by atoms with Crippen molar-refractivity contribution in [2.45, 2.75) is 70.6 Å². The highest BCUT2D eigenvalue weighted by atomic mass is 16.3. The van der Waals surface area contributed by atoms with Crippen LogP contribution in [0.3, 0.4) is 0 Å². The minimum atomic E-state index is 0.175. The highest BCUT2D eigenvalue weighted by molar-refractivity contribution is 5.88. The maximum Gasteiger partial charge on any atom is 0.155 e. The van der Waals surface area contributed by atoms with Crippen LogP contribution in [0.4, 0.5) is 0 Å². The molecule has 0 saturated carbocycles. The van der Waals surface area contributed by atoms with Gasteiger partial charge in [0.1, 0.15) is 5.75 Å². The molecule has 1 N–H and O–H groups in total. The number of allylic oxidation sites excluding steroid dienone is 1. The summed E-state index contributed by atoms with van der Waals surface area (Å²) >= 11 is 0. The smallest absolute Gasteiger partial charge is 0.155 e. The summed E-state index contributed by atoms with van der Waals surface area (Å²) in [7, 11) is 0. The summed E-state index contributed by atoms with van der Waals surface area (Å²) in [6, 6.07) is 7.54. The lowest BCUT2D eigenvalue weighted by atomic mass is 10.0. The van der Waals surface area contributed by atoms with E-state index in [2.05, 4.69) is 6.58 Å². The van der Waals surface area contributed by atoms with Crippen molar-refractivity contribution in [2.24, 2.45) is 0 Å². The number of benzene rings is 1. The van der Waals surface area contributed by atoms with Gasteiger partial charge in [-0.05, 0) is 43.0 Å². The van der Waals surface area contributed by atoms with Crippen molar-refractivity contribution in [1.82, 2.24) is 0 Å². The van der Waals surface area contributed by atoms with E-state index in [1.807, 2.05) is 12.1 Å². The second-order valence-corrected chi connectivity index (χ2v) is 6.02. The SMILES string of the molecule is C=CC(=O)CCCCCCCCCCCc1ccc(O)cc1. The first kappa shape index (κ1) is 18.5. The number of rotatable bonds is 13. The van der Waals surface area contributed by atoms with E-state index in [0.717, 1.165) is 12.8 Å². The molecular weight excluding hydrogens is 272 g/mol.